The average Bonchev–Trinajstić information content (AvgIpc) is 2.84. The van der Waals surface area contributed by atoms with Gasteiger partial charge in [0.05, 0.1) is 6.20 Å². The van der Waals surface area contributed by atoms with E-state index in [2.05, 4.69) is 56.9 Å². The Hall–Kier alpha value is -2.69. The number of rotatable bonds is 4. The minimum atomic E-state index is 0.701. The van der Waals surface area contributed by atoms with Gasteiger partial charge in [-0.05, 0) is 37.5 Å². The van der Waals surface area contributed by atoms with Gasteiger partial charge in [-0.25, -0.2) is 0 Å². The highest BCUT2D eigenvalue weighted by atomic mass is 15.2. The van der Waals surface area contributed by atoms with Gasteiger partial charge >= 0.3 is 0 Å². The van der Waals surface area contributed by atoms with Crippen LogP contribution in [0, 0.1) is 13.8 Å². The van der Waals surface area contributed by atoms with Crippen LogP contribution in [0.15, 0.2) is 42.6 Å². The van der Waals surface area contributed by atoms with Crippen molar-refractivity contribution in [2.24, 2.45) is 0 Å². The quantitative estimate of drug-likeness (QED) is 0.770. The van der Waals surface area contributed by atoms with E-state index in [4.69, 9.17) is 0 Å². The Labute approximate surface area is 123 Å². The summed E-state index contributed by atoms with van der Waals surface area (Å²) in [5.41, 5.74) is 4.65. The van der Waals surface area contributed by atoms with Crippen molar-refractivity contribution in [3.8, 4) is 0 Å². The van der Waals surface area contributed by atoms with Crippen molar-refractivity contribution < 1.29 is 0 Å². The highest BCUT2D eigenvalue weighted by Gasteiger charge is 2.03. The Morgan fingerprint density at radius 3 is 2.71 bits per heavy atom. The molecule has 0 unspecified atom stereocenters. The topological polar surface area (TPSA) is 66.5 Å². The number of nitrogens with one attached hydrogen (secondary N) is 2. The lowest BCUT2D eigenvalue weighted by Gasteiger charge is -2.05. The third-order valence-electron chi connectivity index (χ3n) is 3.16. The molecule has 0 bridgehead atoms. The number of hydrogen-bond acceptors (Lipinski definition) is 4. The normalized spacial score (nSPS) is 10.6. The maximum Gasteiger partial charge on any atom is 0.154 e. The highest BCUT2D eigenvalue weighted by molar-refractivity contribution is 5.52. The molecular formula is C16H17N5. The van der Waals surface area contributed by atoms with E-state index >= 15 is 0 Å². The van der Waals surface area contributed by atoms with E-state index in [1.54, 1.807) is 6.20 Å². The molecule has 106 valence electrons. The molecule has 1 aromatic carbocycles. The minimum Gasteiger partial charge on any atom is -0.322 e. The van der Waals surface area contributed by atoms with Gasteiger partial charge in [0, 0.05) is 11.8 Å². The Balaban J connectivity index is 1.76. The fourth-order valence-electron chi connectivity index (χ4n) is 2.24. The van der Waals surface area contributed by atoms with Crippen molar-refractivity contribution in [2.45, 2.75) is 20.3 Å². The average molecular weight is 279 g/mol. The first-order valence-electron chi connectivity index (χ1n) is 6.85. The second kappa shape index (κ2) is 5.75. The number of aromatic amines is 1. The Kier molecular flexibility index (Phi) is 3.64. The molecule has 0 aliphatic carbocycles. The molecule has 2 aromatic heterocycles. The van der Waals surface area contributed by atoms with Crippen LogP contribution in [0.5, 0.6) is 0 Å². The van der Waals surface area contributed by atoms with Gasteiger partial charge in [-0.1, -0.05) is 29.8 Å². The summed E-state index contributed by atoms with van der Waals surface area (Å²) >= 11 is 0. The number of aromatic nitrogens is 4. The summed E-state index contributed by atoms with van der Waals surface area (Å²) in [6, 6.07) is 12.4. The Morgan fingerprint density at radius 1 is 1.05 bits per heavy atom. The standard InChI is InChI=1S/C16H17N5/c1-11-4-3-5-13(6-11)8-14-9-16(20-17-10-14)18-15-7-12(2)19-21-15/h3-7,9-10H,8H2,1-2H3,(H2,18,19,20,21). The number of aryl methyl sites for hydroxylation is 2. The van der Waals surface area contributed by atoms with E-state index in [0.29, 0.717) is 5.82 Å². The third kappa shape index (κ3) is 3.45. The summed E-state index contributed by atoms with van der Waals surface area (Å²) in [4.78, 5) is 0. The number of nitrogens with zero attached hydrogens (tertiary/aromatic N) is 3. The zero-order valence-electron chi connectivity index (χ0n) is 12.1. The molecule has 5 heteroatoms. The molecule has 2 heterocycles. The van der Waals surface area contributed by atoms with Crippen LogP contribution in [0.1, 0.15) is 22.4 Å². The SMILES string of the molecule is Cc1cccc(Cc2cnnc(Nc3cc(C)[nH]n3)c2)c1. The van der Waals surface area contributed by atoms with Crippen LogP contribution in [0.4, 0.5) is 11.6 Å². The predicted molar refractivity (Wildman–Crippen MR) is 82.6 cm³/mol. The summed E-state index contributed by atoms with van der Waals surface area (Å²) in [5.74, 6) is 1.45. The monoisotopic (exact) mass is 279 g/mol. The minimum absolute atomic E-state index is 0.701. The maximum absolute atomic E-state index is 4.13. The molecule has 3 rings (SSSR count). The van der Waals surface area contributed by atoms with Gasteiger partial charge < -0.3 is 5.32 Å². The van der Waals surface area contributed by atoms with Crippen LogP contribution in [0.3, 0.4) is 0 Å². The van der Waals surface area contributed by atoms with E-state index in [1.807, 2.05) is 19.1 Å². The summed E-state index contributed by atoms with van der Waals surface area (Å²) in [5, 5.41) is 18.3. The van der Waals surface area contributed by atoms with Crippen LogP contribution in [0.25, 0.3) is 0 Å². The number of hydrogen-bond donors (Lipinski definition) is 2. The van der Waals surface area contributed by atoms with E-state index < -0.39 is 0 Å². The van der Waals surface area contributed by atoms with Crippen molar-refractivity contribution in [2.75, 3.05) is 5.32 Å². The molecule has 0 atom stereocenters. The zero-order chi connectivity index (χ0) is 14.7. The van der Waals surface area contributed by atoms with E-state index in [-0.39, 0.29) is 0 Å². The summed E-state index contributed by atoms with van der Waals surface area (Å²) in [6.07, 6.45) is 2.63. The lowest BCUT2D eigenvalue weighted by molar-refractivity contribution is 0.992. The highest BCUT2D eigenvalue weighted by Crippen LogP contribution is 2.15. The van der Waals surface area contributed by atoms with Gasteiger partial charge in [0.15, 0.2) is 11.6 Å². The van der Waals surface area contributed by atoms with E-state index in [1.165, 1.54) is 11.1 Å². The molecule has 0 aliphatic rings. The molecule has 0 saturated carbocycles. The fraction of sp³-hybridized carbons (Fsp3) is 0.188. The van der Waals surface area contributed by atoms with Crippen LogP contribution in [0.2, 0.25) is 0 Å². The molecular weight excluding hydrogens is 262 g/mol. The van der Waals surface area contributed by atoms with Gasteiger partial charge in [0.2, 0.25) is 0 Å². The molecule has 2 N–H and O–H groups in total. The first-order valence-corrected chi connectivity index (χ1v) is 6.85. The molecule has 0 saturated heterocycles. The van der Waals surface area contributed by atoms with Crippen molar-refractivity contribution in [1.82, 2.24) is 20.4 Å². The lowest BCUT2D eigenvalue weighted by atomic mass is 10.0. The molecule has 0 fully saturated rings. The van der Waals surface area contributed by atoms with Crippen LogP contribution < -0.4 is 5.32 Å². The Morgan fingerprint density at radius 2 is 1.95 bits per heavy atom. The van der Waals surface area contributed by atoms with Crippen LogP contribution >= 0.6 is 0 Å². The zero-order valence-corrected chi connectivity index (χ0v) is 12.1. The number of anilines is 2. The molecule has 3 aromatic rings. The molecule has 0 aliphatic heterocycles. The first-order chi connectivity index (χ1) is 10.2. The van der Waals surface area contributed by atoms with Crippen LogP contribution in [-0.4, -0.2) is 20.4 Å². The largest absolute Gasteiger partial charge is 0.322 e. The van der Waals surface area contributed by atoms with E-state index in [9.17, 15) is 0 Å². The van der Waals surface area contributed by atoms with Gasteiger partial charge in [0.25, 0.3) is 0 Å². The molecule has 5 nitrogen and oxygen atoms in total. The van der Waals surface area contributed by atoms with Crippen molar-refractivity contribution in [3.05, 3.63) is 65.0 Å². The van der Waals surface area contributed by atoms with E-state index in [0.717, 1.165) is 23.5 Å². The van der Waals surface area contributed by atoms with Gasteiger partial charge in [-0.15, -0.1) is 5.10 Å². The second-order valence-electron chi connectivity index (χ2n) is 5.18. The lowest BCUT2D eigenvalue weighted by Crippen LogP contribution is -1.98. The van der Waals surface area contributed by atoms with Crippen molar-refractivity contribution in [3.63, 3.8) is 0 Å². The fourth-order valence-corrected chi connectivity index (χ4v) is 2.24. The molecule has 21 heavy (non-hydrogen) atoms. The van der Waals surface area contributed by atoms with Gasteiger partial charge in [0.1, 0.15) is 0 Å². The summed E-state index contributed by atoms with van der Waals surface area (Å²) in [6.45, 7) is 4.05. The smallest absolute Gasteiger partial charge is 0.154 e. The summed E-state index contributed by atoms with van der Waals surface area (Å²) in [7, 11) is 0. The summed E-state index contributed by atoms with van der Waals surface area (Å²) < 4.78 is 0. The third-order valence-corrected chi connectivity index (χ3v) is 3.16. The molecule has 0 amide bonds. The molecule has 0 spiro atoms. The number of H-pyrrole nitrogens is 1. The van der Waals surface area contributed by atoms with Gasteiger partial charge in [-0.2, -0.15) is 10.2 Å². The predicted octanol–water partition coefficient (Wildman–Crippen LogP) is 3.15. The van der Waals surface area contributed by atoms with Crippen LogP contribution in [-0.2, 0) is 6.42 Å². The second-order valence-corrected chi connectivity index (χ2v) is 5.18. The molecule has 0 radical (unpaired) electrons. The first kappa shape index (κ1) is 13.3. The number of benzene rings is 1. The van der Waals surface area contributed by atoms with Crippen molar-refractivity contribution in [1.29, 1.82) is 0 Å². The van der Waals surface area contributed by atoms with Gasteiger partial charge in [-0.3, -0.25) is 5.10 Å². The Bertz CT molecular complexity index is 748. The maximum atomic E-state index is 4.13. The van der Waals surface area contributed by atoms with Crippen molar-refractivity contribution >= 4 is 11.6 Å².